The monoisotopic (exact) mass is 528 g/mol. The maximum absolute atomic E-state index is 5.80. The molecule has 2 nitrogen and oxygen atoms in total. The minimum atomic E-state index is 0.555. The van der Waals surface area contributed by atoms with Gasteiger partial charge in [0.25, 0.3) is 0 Å². The summed E-state index contributed by atoms with van der Waals surface area (Å²) in [5.41, 5.74) is 1.83. The number of methoxy groups -OCH3 is 1. The van der Waals surface area contributed by atoms with Gasteiger partial charge in [-0.2, -0.15) is 0 Å². The van der Waals surface area contributed by atoms with Crippen LogP contribution >= 0.6 is 0 Å². The van der Waals surface area contributed by atoms with E-state index >= 15 is 0 Å². The Bertz CT molecular complexity index is 736. The molecule has 1 heterocycles. The van der Waals surface area contributed by atoms with E-state index in [1.54, 1.807) is 12.3 Å². The zero-order valence-electron chi connectivity index (χ0n) is 26.5. The van der Waals surface area contributed by atoms with Crippen LogP contribution in [0.5, 0.6) is 0 Å². The molecule has 38 heavy (non-hydrogen) atoms. The first-order valence-electron chi connectivity index (χ1n) is 16.7. The van der Waals surface area contributed by atoms with E-state index < -0.39 is 0 Å². The number of fused-ring (bicyclic) bond motifs is 7. The number of hydrogen-bond donors (Lipinski definition) is 0. The van der Waals surface area contributed by atoms with Gasteiger partial charge >= 0.3 is 0 Å². The SMILES string of the molecule is C1=COCCC1.C=CC.CC.COCC12CCCC1C1CCC3C4(C)CCCC(C)C4CCC3(C)C1CC2. The summed E-state index contributed by atoms with van der Waals surface area (Å²) in [6.07, 6.45) is 26.0. The minimum Gasteiger partial charge on any atom is -0.502 e. The number of allylic oxidation sites excluding steroid dienone is 2. The van der Waals surface area contributed by atoms with Gasteiger partial charge in [0, 0.05) is 7.11 Å². The molecular formula is C36H64O2. The quantitative estimate of drug-likeness (QED) is 0.332. The normalized spacial score (nSPS) is 44.4. The second kappa shape index (κ2) is 14.2. The zero-order chi connectivity index (χ0) is 27.8. The van der Waals surface area contributed by atoms with Crippen LogP contribution in [0.2, 0.25) is 0 Å². The van der Waals surface area contributed by atoms with Crippen molar-refractivity contribution in [2.75, 3.05) is 20.3 Å². The average Bonchev–Trinajstić information content (AvgIpc) is 3.36. The van der Waals surface area contributed by atoms with Crippen molar-refractivity contribution in [3.05, 3.63) is 25.0 Å². The highest BCUT2D eigenvalue weighted by atomic mass is 16.5. The highest BCUT2D eigenvalue weighted by Gasteiger charge is 2.63. The third-order valence-electron chi connectivity index (χ3n) is 12.4. The third kappa shape index (κ3) is 6.11. The third-order valence-corrected chi connectivity index (χ3v) is 12.4. The van der Waals surface area contributed by atoms with Crippen LogP contribution in [-0.2, 0) is 9.47 Å². The molecule has 220 valence electrons. The van der Waals surface area contributed by atoms with Crippen LogP contribution in [0.15, 0.2) is 25.0 Å². The largest absolute Gasteiger partial charge is 0.502 e. The van der Waals surface area contributed by atoms with Crippen molar-refractivity contribution in [1.82, 2.24) is 0 Å². The molecule has 0 aromatic rings. The topological polar surface area (TPSA) is 18.5 Å². The van der Waals surface area contributed by atoms with Gasteiger partial charge in [0.05, 0.1) is 19.5 Å². The molecule has 6 rings (SSSR count). The van der Waals surface area contributed by atoms with Gasteiger partial charge < -0.3 is 9.47 Å². The predicted molar refractivity (Wildman–Crippen MR) is 164 cm³/mol. The summed E-state index contributed by atoms with van der Waals surface area (Å²) in [5, 5.41) is 0. The second-order valence-electron chi connectivity index (χ2n) is 14.1. The van der Waals surface area contributed by atoms with E-state index in [1.807, 2.05) is 34.0 Å². The molecule has 0 radical (unpaired) electrons. The van der Waals surface area contributed by atoms with Gasteiger partial charge in [0.15, 0.2) is 0 Å². The minimum absolute atomic E-state index is 0.555. The highest BCUT2D eigenvalue weighted by Crippen LogP contribution is 2.71. The summed E-state index contributed by atoms with van der Waals surface area (Å²) in [6.45, 7) is 19.3. The summed E-state index contributed by atoms with van der Waals surface area (Å²) in [7, 11) is 1.95. The average molecular weight is 529 g/mol. The molecule has 0 spiro atoms. The molecule has 6 aliphatic rings. The van der Waals surface area contributed by atoms with Crippen molar-refractivity contribution < 1.29 is 9.47 Å². The maximum atomic E-state index is 5.80. The fourth-order valence-corrected chi connectivity index (χ4v) is 11.1. The van der Waals surface area contributed by atoms with Crippen molar-refractivity contribution in [3.8, 4) is 0 Å². The van der Waals surface area contributed by atoms with E-state index in [4.69, 9.17) is 9.47 Å². The zero-order valence-corrected chi connectivity index (χ0v) is 26.5. The van der Waals surface area contributed by atoms with E-state index in [1.165, 1.54) is 89.9 Å². The smallest absolute Gasteiger partial charge is 0.0876 e. The highest BCUT2D eigenvalue weighted by molar-refractivity contribution is 5.13. The fraction of sp³-hybridized carbons (Fsp3) is 0.889. The predicted octanol–water partition coefficient (Wildman–Crippen LogP) is 10.6. The van der Waals surface area contributed by atoms with Crippen molar-refractivity contribution in [1.29, 1.82) is 0 Å². The van der Waals surface area contributed by atoms with Crippen LogP contribution in [0.3, 0.4) is 0 Å². The molecule has 5 aliphatic carbocycles. The summed E-state index contributed by atoms with van der Waals surface area (Å²) < 4.78 is 10.7. The van der Waals surface area contributed by atoms with Crippen molar-refractivity contribution in [2.24, 2.45) is 51.8 Å². The Balaban J connectivity index is 0.000000309. The van der Waals surface area contributed by atoms with Crippen molar-refractivity contribution in [3.63, 3.8) is 0 Å². The maximum Gasteiger partial charge on any atom is 0.0876 e. The number of rotatable bonds is 2. The van der Waals surface area contributed by atoms with Crippen LogP contribution < -0.4 is 0 Å². The van der Waals surface area contributed by atoms with Gasteiger partial charge in [0.1, 0.15) is 0 Å². The van der Waals surface area contributed by atoms with Crippen LogP contribution in [0.1, 0.15) is 131 Å². The summed E-state index contributed by atoms with van der Waals surface area (Å²) >= 11 is 0. The first-order valence-corrected chi connectivity index (χ1v) is 16.7. The van der Waals surface area contributed by atoms with Gasteiger partial charge in [-0.05, 0) is 135 Å². The van der Waals surface area contributed by atoms with Crippen LogP contribution in [0.25, 0.3) is 0 Å². The number of hydrogen-bond acceptors (Lipinski definition) is 2. The van der Waals surface area contributed by atoms with Crippen molar-refractivity contribution >= 4 is 0 Å². The first kappa shape index (κ1) is 31.8. The lowest BCUT2D eigenvalue weighted by Crippen LogP contribution is -2.60. The van der Waals surface area contributed by atoms with E-state index in [2.05, 4.69) is 27.4 Å². The van der Waals surface area contributed by atoms with Gasteiger partial charge in [0.2, 0.25) is 0 Å². The lowest BCUT2D eigenvalue weighted by molar-refractivity contribution is -0.186. The summed E-state index contributed by atoms with van der Waals surface area (Å²) in [5.74, 6) is 6.00. The molecule has 2 heteroatoms. The van der Waals surface area contributed by atoms with Crippen molar-refractivity contribution in [2.45, 2.75) is 131 Å². The Labute approximate surface area is 237 Å². The fourth-order valence-electron chi connectivity index (χ4n) is 11.1. The standard InChI is InChI=1S/C26H44O.C5H8O.C3H6.C2H6/c1-18-7-5-13-24(2)20(18)11-15-25(3)21-12-16-26(17-27-4)14-6-8-22(26)19(21)9-10-23(24)25;1-2-4-6-5-3-1;1-3-2;1-2/h18-23H,5-17H2,1-4H3;2,4H,1,3,5H2;3H,1H2,2H3;1-2H3. The Morgan fingerprint density at radius 2 is 1.55 bits per heavy atom. The number of ether oxygens (including phenoxy) is 2. The molecule has 5 saturated carbocycles. The molecule has 0 saturated heterocycles. The molecular weight excluding hydrogens is 464 g/mol. The van der Waals surface area contributed by atoms with E-state index in [0.717, 1.165) is 48.7 Å². The lowest BCUT2D eigenvalue weighted by atomic mass is 9.38. The van der Waals surface area contributed by atoms with Crippen LogP contribution in [0.4, 0.5) is 0 Å². The first-order chi connectivity index (χ1) is 18.4. The molecule has 5 fully saturated rings. The molecule has 9 atom stereocenters. The van der Waals surface area contributed by atoms with Gasteiger partial charge in [-0.3, -0.25) is 0 Å². The van der Waals surface area contributed by atoms with Crippen LogP contribution in [-0.4, -0.2) is 20.3 Å². The Hall–Kier alpha value is -0.760. The summed E-state index contributed by atoms with van der Waals surface area (Å²) in [6, 6.07) is 0. The van der Waals surface area contributed by atoms with E-state index in [-0.39, 0.29) is 0 Å². The Morgan fingerprint density at radius 1 is 0.868 bits per heavy atom. The molecule has 0 amide bonds. The molecule has 0 bridgehead atoms. The summed E-state index contributed by atoms with van der Waals surface area (Å²) in [4.78, 5) is 0. The second-order valence-corrected chi connectivity index (χ2v) is 14.1. The van der Waals surface area contributed by atoms with Gasteiger partial charge in [-0.25, -0.2) is 0 Å². The molecule has 1 aliphatic heterocycles. The molecule has 9 unspecified atom stereocenters. The van der Waals surface area contributed by atoms with Gasteiger partial charge in [-0.15, -0.1) is 6.58 Å². The molecule has 0 aromatic heterocycles. The molecule has 0 N–H and O–H groups in total. The Kier molecular flexibility index (Phi) is 11.9. The van der Waals surface area contributed by atoms with Crippen LogP contribution in [0, 0.1) is 51.8 Å². The Morgan fingerprint density at radius 3 is 2.16 bits per heavy atom. The lowest BCUT2D eigenvalue weighted by Gasteiger charge is -2.67. The van der Waals surface area contributed by atoms with E-state index in [0.29, 0.717) is 16.2 Å². The van der Waals surface area contributed by atoms with Gasteiger partial charge in [-0.1, -0.05) is 60.0 Å². The van der Waals surface area contributed by atoms with E-state index in [9.17, 15) is 0 Å². The molecule has 0 aromatic carbocycles.